The number of hydrogen-bond donors (Lipinski definition) is 1. The van der Waals surface area contributed by atoms with E-state index in [1.807, 2.05) is 23.1 Å². The van der Waals surface area contributed by atoms with Crippen LogP contribution in [0.4, 0.5) is 5.69 Å². The van der Waals surface area contributed by atoms with Gasteiger partial charge in [-0.25, -0.2) is 8.42 Å². The molecule has 0 aromatic heterocycles. The van der Waals surface area contributed by atoms with Crippen molar-refractivity contribution in [1.29, 1.82) is 0 Å². The first-order valence-electron chi connectivity index (χ1n) is 8.73. The highest BCUT2D eigenvalue weighted by atomic mass is 32.2. The molecule has 25 heavy (non-hydrogen) atoms. The molecule has 1 unspecified atom stereocenters. The van der Waals surface area contributed by atoms with Gasteiger partial charge >= 0.3 is 0 Å². The molecule has 0 bridgehead atoms. The number of amides is 1. The van der Waals surface area contributed by atoms with E-state index < -0.39 is 15.4 Å². The maximum atomic E-state index is 12.8. The molecule has 1 aromatic rings. The molecule has 3 rings (SSSR count). The first kappa shape index (κ1) is 18.2. The molecule has 2 saturated heterocycles. The largest absolute Gasteiger partial charge is 0.390 e. The Morgan fingerprint density at radius 1 is 1.20 bits per heavy atom. The van der Waals surface area contributed by atoms with Crippen LogP contribution in [0.15, 0.2) is 24.3 Å². The standard InChI is InChI=1S/C18H26N2O4S/c1-18(2,22)15-6-7-20(13-15)17(21)14-4-3-5-16(12-14)19-8-10-25(23,24)11-9-19/h3-5,12,15,22H,6-11,13H2,1-2H3. The minimum atomic E-state index is -2.92. The molecule has 2 fully saturated rings. The third-order valence-corrected chi connectivity index (χ3v) is 6.89. The Morgan fingerprint density at radius 2 is 1.88 bits per heavy atom. The van der Waals surface area contributed by atoms with Gasteiger partial charge in [0.25, 0.3) is 5.91 Å². The van der Waals surface area contributed by atoms with Gasteiger partial charge < -0.3 is 14.9 Å². The van der Waals surface area contributed by atoms with Gasteiger partial charge in [0.2, 0.25) is 0 Å². The van der Waals surface area contributed by atoms with Crippen LogP contribution in [0, 0.1) is 5.92 Å². The molecular weight excluding hydrogens is 340 g/mol. The van der Waals surface area contributed by atoms with Crippen LogP contribution < -0.4 is 4.90 Å². The van der Waals surface area contributed by atoms with Gasteiger partial charge in [-0.1, -0.05) is 6.07 Å². The number of carbonyl (C=O) groups excluding carboxylic acids is 1. The molecule has 2 aliphatic rings. The van der Waals surface area contributed by atoms with Gasteiger partial charge in [0, 0.05) is 43.3 Å². The normalized spacial score (nSPS) is 23.7. The van der Waals surface area contributed by atoms with Crippen molar-refractivity contribution in [2.45, 2.75) is 25.9 Å². The van der Waals surface area contributed by atoms with Crippen molar-refractivity contribution in [3.05, 3.63) is 29.8 Å². The summed E-state index contributed by atoms with van der Waals surface area (Å²) in [7, 11) is -2.92. The molecule has 1 amide bonds. The maximum Gasteiger partial charge on any atom is 0.253 e. The summed E-state index contributed by atoms with van der Waals surface area (Å²) in [6.07, 6.45) is 0.804. The SMILES string of the molecule is CC(C)(O)C1CCN(C(=O)c2cccc(N3CCS(=O)(=O)CC3)c2)C1. The molecule has 2 aliphatic heterocycles. The molecule has 1 aromatic carbocycles. The predicted octanol–water partition coefficient (Wildman–Crippen LogP) is 1.15. The predicted molar refractivity (Wildman–Crippen MR) is 97.6 cm³/mol. The van der Waals surface area contributed by atoms with E-state index in [1.165, 1.54) is 0 Å². The van der Waals surface area contributed by atoms with Gasteiger partial charge in [-0.3, -0.25) is 4.79 Å². The van der Waals surface area contributed by atoms with E-state index in [4.69, 9.17) is 0 Å². The van der Waals surface area contributed by atoms with Crippen molar-refractivity contribution in [1.82, 2.24) is 4.90 Å². The Balaban J connectivity index is 1.71. The van der Waals surface area contributed by atoms with Crippen molar-refractivity contribution >= 4 is 21.4 Å². The summed E-state index contributed by atoms with van der Waals surface area (Å²) in [5, 5.41) is 10.2. The molecule has 0 aliphatic carbocycles. The minimum absolute atomic E-state index is 0.0294. The Morgan fingerprint density at radius 3 is 2.48 bits per heavy atom. The molecule has 0 radical (unpaired) electrons. The molecule has 0 saturated carbocycles. The minimum Gasteiger partial charge on any atom is -0.390 e. The Bertz CT molecular complexity index is 741. The van der Waals surface area contributed by atoms with Crippen LogP contribution in [-0.2, 0) is 9.84 Å². The fraction of sp³-hybridized carbons (Fsp3) is 0.611. The van der Waals surface area contributed by atoms with Crippen LogP contribution in [0.5, 0.6) is 0 Å². The smallest absolute Gasteiger partial charge is 0.253 e. The van der Waals surface area contributed by atoms with Crippen LogP contribution in [-0.4, -0.2) is 67.6 Å². The van der Waals surface area contributed by atoms with E-state index >= 15 is 0 Å². The van der Waals surface area contributed by atoms with Crippen LogP contribution >= 0.6 is 0 Å². The second-order valence-electron chi connectivity index (χ2n) is 7.58. The molecule has 6 nitrogen and oxygen atoms in total. The van der Waals surface area contributed by atoms with Gasteiger partial charge in [0.1, 0.15) is 0 Å². The highest BCUT2D eigenvalue weighted by Gasteiger charge is 2.35. The van der Waals surface area contributed by atoms with Crippen molar-refractivity contribution in [3.63, 3.8) is 0 Å². The van der Waals surface area contributed by atoms with Gasteiger partial charge in [-0.15, -0.1) is 0 Å². The molecular formula is C18H26N2O4S. The summed E-state index contributed by atoms with van der Waals surface area (Å²) < 4.78 is 23.2. The van der Waals surface area contributed by atoms with Crippen LogP contribution in [0.25, 0.3) is 0 Å². The third-order valence-electron chi connectivity index (χ3n) is 5.28. The quantitative estimate of drug-likeness (QED) is 0.868. The lowest BCUT2D eigenvalue weighted by molar-refractivity contribution is 0.0211. The fourth-order valence-corrected chi connectivity index (χ4v) is 4.71. The number of aliphatic hydroxyl groups is 1. The average molecular weight is 366 g/mol. The summed E-state index contributed by atoms with van der Waals surface area (Å²) in [5.74, 6) is 0.375. The number of carbonyl (C=O) groups is 1. The lowest BCUT2D eigenvalue weighted by atomic mass is 9.90. The maximum absolute atomic E-state index is 12.8. The van der Waals surface area contributed by atoms with Crippen LogP contribution in [0.1, 0.15) is 30.6 Å². The van der Waals surface area contributed by atoms with Crippen molar-refractivity contribution in [3.8, 4) is 0 Å². The highest BCUT2D eigenvalue weighted by molar-refractivity contribution is 7.91. The molecule has 0 spiro atoms. The number of sulfone groups is 1. The Kier molecular flexibility index (Phi) is 4.81. The first-order valence-corrected chi connectivity index (χ1v) is 10.5. The van der Waals surface area contributed by atoms with Crippen LogP contribution in [0.3, 0.4) is 0 Å². The highest BCUT2D eigenvalue weighted by Crippen LogP contribution is 2.28. The van der Waals surface area contributed by atoms with E-state index in [9.17, 15) is 18.3 Å². The lowest BCUT2D eigenvalue weighted by Gasteiger charge is -2.29. The van der Waals surface area contributed by atoms with Crippen molar-refractivity contribution in [2.24, 2.45) is 5.92 Å². The number of anilines is 1. The molecule has 7 heteroatoms. The zero-order valence-electron chi connectivity index (χ0n) is 14.8. The first-order chi connectivity index (χ1) is 11.7. The van der Waals surface area contributed by atoms with E-state index in [-0.39, 0.29) is 23.3 Å². The molecule has 1 atom stereocenters. The van der Waals surface area contributed by atoms with Crippen molar-refractivity contribution < 1.29 is 18.3 Å². The second-order valence-corrected chi connectivity index (χ2v) is 9.88. The van der Waals surface area contributed by atoms with E-state index in [0.29, 0.717) is 31.7 Å². The lowest BCUT2D eigenvalue weighted by Crippen LogP contribution is -2.40. The van der Waals surface area contributed by atoms with Gasteiger partial charge in [0.05, 0.1) is 17.1 Å². The second kappa shape index (κ2) is 6.61. The van der Waals surface area contributed by atoms with E-state index in [2.05, 4.69) is 0 Å². The molecule has 1 N–H and O–H groups in total. The Hall–Kier alpha value is -1.60. The monoisotopic (exact) mass is 366 g/mol. The number of hydrogen-bond acceptors (Lipinski definition) is 5. The zero-order chi connectivity index (χ0) is 18.2. The van der Waals surface area contributed by atoms with E-state index in [1.54, 1.807) is 24.8 Å². The summed E-state index contributed by atoms with van der Waals surface area (Å²) >= 11 is 0. The third kappa shape index (κ3) is 4.15. The van der Waals surface area contributed by atoms with Crippen molar-refractivity contribution in [2.75, 3.05) is 42.6 Å². The van der Waals surface area contributed by atoms with Gasteiger partial charge in [-0.2, -0.15) is 0 Å². The molecule has 2 heterocycles. The van der Waals surface area contributed by atoms with Crippen LogP contribution in [0.2, 0.25) is 0 Å². The summed E-state index contributed by atoms with van der Waals surface area (Å²) in [4.78, 5) is 16.6. The number of likely N-dealkylation sites (tertiary alicyclic amines) is 1. The average Bonchev–Trinajstić information content (AvgIpc) is 3.04. The number of benzene rings is 1. The Labute approximate surface area is 149 Å². The van der Waals surface area contributed by atoms with Gasteiger partial charge in [0.15, 0.2) is 9.84 Å². The summed E-state index contributed by atoms with van der Waals surface area (Å²) in [6.45, 7) is 5.72. The van der Waals surface area contributed by atoms with Gasteiger partial charge in [-0.05, 0) is 38.5 Å². The number of rotatable bonds is 3. The molecule has 138 valence electrons. The topological polar surface area (TPSA) is 77.9 Å². The summed E-state index contributed by atoms with van der Waals surface area (Å²) in [6, 6.07) is 7.40. The van der Waals surface area contributed by atoms with E-state index in [0.717, 1.165) is 12.1 Å². The zero-order valence-corrected chi connectivity index (χ0v) is 15.6. The number of nitrogens with zero attached hydrogens (tertiary/aromatic N) is 2. The fourth-order valence-electron chi connectivity index (χ4n) is 3.51. The summed E-state index contributed by atoms with van der Waals surface area (Å²) in [5.41, 5.74) is 0.720.